The maximum atomic E-state index is 13.7. The van der Waals surface area contributed by atoms with Crippen LogP contribution in [0.5, 0.6) is 17.2 Å². The SMILES string of the molecule is COc1cc(OC)c([C@@H]2CC(=O)Nc3c(-c4cccc(F)c4)csc32)cc1OC. The van der Waals surface area contributed by atoms with Crippen molar-refractivity contribution in [3.63, 3.8) is 0 Å². The number of nitrogens with one attached hydrogen (secondary N) is 1. The summed E-state index contributed by atoms with van der Waals surface area (Å²) >= 11 is 1.54. The molecule has 0 fully saturated rings. The van der Waals surface area contributed by atoms with Gasteiger partial charge in [-0.15, -0.1) is 11.3 Å². The zero-order valence-corrected chi connectivity index (χ0v) is 17.1. The van der Waals surface area contributed by atoms with Gasteiger partial charge in [-0.05, 0) is 23.8 Å². The molecule has 1 atom stereocenters. The van der Waals surface area contributed by atoms with Gasteiger partial charge in [0.2, 0.25) is 5.91 Å². The number of halogens is 1. The van der Waals surface area contributed by atoms with Gasteiger partial charge in [-0.25, -0.2) is 4.39 Å². The molecule has 1 aliphatic heterocycles. The summed E-state index contributed by atoms with van der Waals surface area (Å²) in [5.74, 6) is 1.12. The number of carbonyl (C=O) groups excluding carboxylic acids is 1. The highest BCUT2D eigenvalue weighted by Crippen LogP contribution is 2.50. The van der Waals surface area contributed by atoms with Crippen molar-refractivity contribution in [3.05, 3.63) is 58.0 Å². The number of carbonyl (C=O) groups is 1. The van der Waals surface area contributed by atoms with Crippen molar-refractivity contribution in [2.24, 2.45) is 0 Å². The molecule has 1 aliphatic rings. The van der Waals surface area contributed by atoms with Crippen LogP contribution in [0.3, 0.4) is 0 Å². The van der Waals surface area contributed by atoms with Gasteiger partial charge < -0.3 is 19.5 Å². The second kappa shape index (κ2) is 7.75. The lowest BCUT2D eigenvalue weighted by atomic mass is 9.88. The molecule has 2 heterocycles. The molecule has 0 bridgehead atoms. The molecule has 0 saturated carbocycles. The van der Waals surface area contributed by atoms with Crippen LogP contribution < -0.4 is 19.5 Å². The summed E-state index contributed by atoms with van der Waals surface area (Å²) in [5, 5.41) is 4.92. The molecule has 0 radical (unpaired) electrons. The maximum absolute atomic E-state index is 13.7. The summed E-state index contributed by atoms with van der Waals surface area (Å²) in [5.41, 5.74) is 3.09. The largest absolute Gasteiger partial charge is 0.496 e. The Hall–Kier alpha value is -3.06. The minimum Gasteiger partial charge on any atom is -0.496 e. The molecule has 0 unspecified atom stereocenters. The number of methoxy groups -OCH3 is 3. The van der Waals surface area contributed by atoms with Gasteiger partial charge in [-0.3, -0.25) is 4.79 Å². The van der Waals surface area contributed by atoms with Crippen LogP contribution in [-0.4, -0.2) is 27.2 Å². The van der Waals surface area contributed by atoms with Gasteiger partial charge >= 0.3 is 0 Å². The standard InChI is InChI=1S/C22H20FNO4S/c1-26-17-10-19(28-3)18(27-2)8-14(17)15-9-20(25)24-21-16(11-29-22(15)21)12-5-4-6-13(23)7-12/h4-8,10-11,15H,9H2,1-3H3,(H,24,25)/t15-/m0/s1. The van der Waals surface area contributed by atoms with E-state index in [4.69, 9.17) is 14.2 Å². The third-order valence-corrected chi connectivity index (χ3v) is 6.13. The molecule has 2 aromatic carbocycles. The first-order valence-corrected chi connectivity index (χ1v) is 9.90. The van der Waals surface area contributed by atoms with Gasteiger partial charge in [0.25, 0.3) is 0 Å². The minimum absolute atomic E-state index is 0.101. The summed E-state index contributed by atoms with van der Waals surface area (Å²) in [6.45, 7) is 0. The quantitative estimate of drug-likeness (QED) is 0.636. The number of rotatable bonds is 5. The molecule has 1 N–H and O–H groups in total. The van der Waals surface area contributed by atoms with Gasteiger partial charge in [-0.1, -0.05) is 12.1 Å². The van der Waals surface area contributed by atoms with Gasteiger partial charge in [-0.2, -0.15) is 0 Å². The molecule has 0 spiro atoms. The monoisotopic (exact) mass is 413 g/mol. The van der Waals surface area contributed by atoms with E-state index in [1.54, 1.807) is 33.5 Å². The van der Waals surface area contributed by atoms with Gasteiger partial charge in [0.1, 0.15) is 11.6 Å². The molecule has 3 aromatic rings. The Morgan fingerprint density at radius 3 is 2.45 bits per heavy atom. The molecule has 0 aliphatic carbocycles. The highest BCUT2D eigenvalue weighted by molar-refractivity contribution is 7.11. The molecule has 5 nitrogen and oxygen atoms in total. The van der Waals surface area contributed by atoms with Crippen LogP contribution >= 0.6 is 11.3 Å². The number of hydrogen-bond donors (Lipinski definition) is 1. The van der Waals surface area contributed by atoms with E-state index in [2.05, 4.69) is 5.32 Å². The Morgan fingerprint density at radius 1 is 1.03 bits per heavy atom. The third-order valence-electron chi connectivity index (χ3n) is 5.04. The van der Waals surface area contributed by atoms with E-state index < -0.39 is 0 Å². The number of thiophene rings is 1. The number of hydrogen-bond acceptors (Lipinski definition) is 5. The van der Waals surface area contributed by atoms with Crippen molar-refractivity contribution >= 4 is 22.9 Å². The first-order chi connectivity index (χ1) is 14.0. The molecule has 4 rings (SSSR count). The Bertz CT molecular complexity index is 1080. The summed E-state index contributed by atoms with van der Waals surface area (Å²) in [6, 6.07) is 9.98. The Kier molecular flexibility index (Phi) is 5.15. The second-order valence-electron chi connectivity index (χ2n) is 6.65. The third kappa shape index (κ3) is 3.42. The van der Waals surface area contributed by atoms with Crippen LogP contribution in [-0.2, 0) is 4.79 Å². The maximum Gasteiger partial charge on any atom is 0.225 e. The van der Waals surface area contributed by atoms with E-state index in [1.165, 1.54) is 23.5 Å². The highest BCUT2D eigenvalue weighted by atomic mass is 32.1. The lowest BCUT2D eigenvalue weighted by Gasteiger charge is -2.26. The Morgan fingerprint density at radius 2 is 1.76 bits per heavy atom. The van der Waals surface area contributed by atoms with Crippen LogP contribution in [0.25, 0.3) is 11.1 Å². The van der Waals surface area contributed by atoms with Gasteiger partial charge in [0, 0.05) is 39.8 Å². The van der Waals surface area contributed by atoms with E-state index in [1.807, 2.05) is 17.5 Å². The molecule has 29 heavy (non-hydrogen) atoms. The molecular weight excluding hydrogens is 393 g/mol. The number of anilines is 1. The van der Waals surface area contributed by atoms with E-state index in [-0.39, 0.29) is 24.1 Å². The molecular formula is C22H20FNO4S. The van der Waals surface area contributed by atoms with Crippen LogP contribution in [0.15, 0.2) is 41.8 Å². The fourth-order valence-corrected chi connectivity index (χ4v) is 4.82. The minimum atomic E-state index is -0.317. The van der Waals surface area contributed by atoms with Crippen LogP contribution in [0.1, 0.15) is 22.8 Å². The van der Waals surface area contributed by atoms with E-state index in [0.717, 1.165) is 27.3 Å². The zero-order valence-electron chi connectivity index (χ0n) is 16.2. The second-order valence-corrected chi connectivity index (χ2v) is 7.56. The van der Waals surface area contributed by atoms with Crippen molar-refractivity contribution in [1.29, 1.82) is 0 Å². The van der Waals surface area contributed by atoms with Crippen molar-refractivity contribution in [1.82, 2.24) is 0 Å². The first kappa shape index (κ1) is 19.3. The van der Waals surface area contributed by atoms with E-state index in [9.17, 15) is 9.18 Å². The number of ether oxygens (including phenoxy) is 3. The summed E-state index contributed by atoms with van der Waals surface area (Å²) < 4.78 is 30.1. The lowest BCUT2D eigenvalue weighted by molar-refractivity contribution is -0.116. The zero-order chi connectivity index (χ0) is 20.5. The summed E-state index contributed by atoms with van der Waals surface area (Å²) in [7, 11) is 4.72. The van der Waals surface area contributed by atoms with Crippen LogP contribution in [0.2, 0.25) is 0 Å². The smallest absolute Gasteiger partial charge is 0.225 e. The van der Waals surface area contributed by atoms with Crippen molar-refractivity contribution < 1.29 is 23.4 Å². The van der Waals surface area contributed by atoms with Crippen molar-refractivity contribution in [2.75, 3.05) is 26.6 Å². The van der Waals surface area contributed by atoms with Crippen LogP contribution in [0, 0.1) is 5.82 Å². The average Bonchev–Trinajstić information content (AvgIpc) is 3.15. The number of amides is 1. The molecule has 0 saturated heterocycles. The van der Waals surface area contributed by atoms with Gasteiger partial charge in [0.15, 0.2) is 11.5 Å². The van der Waals surface area contributed by atoms with Crippen molar-refractivity contribution in [3.8, 4) is 28.4 Å². The fourth-order valence-electron chi connectivity index (χ4n) is 3.67. The molecule has 1 amide bonds. The number of fused-ring (bicyclic) bond motifs is 1. The Balaban J connectivity index is 1.86. The van der Waals surface area contributed by atoms with Crippen molar-refractivity contribution in [2.45, 2.75) is 12.3 Å². The predicted octanol–water partition coefficient (Wildman–Crippen LogP) is 5.05. The molecule has 1 aromatic heterocycles. The van der Waals surface area contributed by atoms with E-state index in [0.29, 0.717) is 17.2 Å². The lowest BCUT2D eigenvalue weighted by Crippen LogP contribution is -2.22. The summed E-state index contributed by atoms with van der Waals surface area (Å²) in [6.07, 6.45) is 0.280. The Labute approximate surface area is 172 Å². The van der Waals surface area contributed by atoms with Crippen LogP contribution in [0.4, 0.5) is 10.1 Å². The van der Waals surface area contributed by atoms with E-state index >= 15 is 0 Å². The first-order valence-electron chi connectivity index (χ1n) is 9.02. The highest BCUT2D eigenvalue weighted by Gasteiger charge is 2.33. The summed E-state index contributed by atoms with van der Waals surface area (Å²) in [4.78, 5) is 13.6. The average molecular weight is 413 g/mol. The molecule has 150 valence electrons. The topological polar surface area (TPSA) is 56.8 Å². The number of benzene rings is 2. The predicted molar refractivity (Wildman–Crippen MR) is 111 cm³/mol. The fraction of sp³-hybridized carbons (Fsp3) is 0.227. The normalized spacial score (nSPS) is 15.4. The van der Waals surface area contributed by atoms with Gasteiger partial charge in [0.05, 0.1) is 27.0 Å². The molecule has 7 heteroatoms.